The summed E-state index contributed by atoms with van der Waals surface area (Å²) in [5.41, 5.74) is 1.10. The number of nitrogens with zero attached hydrogens (tertiary/aromatic N) is 4. The quantitative estimate of drug-likeness (QED) is 0.269. The highest BCUT2D eigenvalue weighted by Gasteiger charge is 2.37. The molecule has 1 unspecified atom stereocenters. The van der Waals surface area contributed by atoms with Crippen molar-refractivity contribution in [3.8, 4) is 17.1 Å². The molecule has 0 radical (unpaired) electrons. The summed E-state index contributed by atoms with van der Waals surface area (Å²) in [6.45, 7) is 5.06. The van der Waals surface area contributed by atoms with Gasteiger partial charge in [-0.3, -0.25) is 4.90 Å². The summed E-state index contributed by atoms with van der Waals surface area (Å²) >= 11 is 6.79. The van der Waals surface area contributed by atoms with Crippen molar-refractivity contribution < 1.29 is 17.9 Å². The van der Waals surface area contributed by atoms with Gasteiger partial charge in [-0.15, -0.1) is 0 Å². The minimum atomic E-state index is -2.63. The SMILES string of the molecule is CC1CN(c2nc(OCCCN3CCC(F)(F)C3)nc3c(F)c(-c4cccc5ccccc45)c(Cl)cc23)CCN1. The molecule has 1 atom stereocenters. The number of alkyl halides is 2. The maximum absolute atomic E-state index is 16.5. The van der Waals surface area contributed by atoms with Crippen LogP contribution in [0.2, 0.25) is 5.02 Å². The van der Waals surface area contributed by atoms with E-state index < -0.39 is 11.7 Å². The van der Waals surface area contributed by atoms with Gasteiger partial charge in [0.1, 0.15) is 11.3 Å². The highest BCUT2D eigenvalue weighted by atomic mass is 35.5. The first-order chi connectivity index (χ1) is 19.3. The van der Waals surface area contributed by atoms with Crippen molar-refractivity contribution in [2.45, 2.75) is 31.7 Å². The molecule has 3 aromatic carbocycles. The van der Waals surface area contributed by atoms with Gasteiger partial charge in [0, 0.05) is 56.1 Å². The van der Waals surface area contributed by atoms with E-state index in [1.807, 2.05) is 42.5 Å². The van der Waals surface area contributed by atoms with Crippen LogP contribution in [-0.4, -0.2) is 72.7 Å². The molecule has 2 fully saturated rings. The summed E-state index contributed by atoms with van der Waals surface area (Å²) in [4.78, 5) is 13.0. The van der Waals surface area contributed by atoms with Gasteiger partial charge >= 0.3 is 6.01 Å². The molecule has 40 heavy (non-hydrogen) atoms. The molecule has 1 aromatic heterocycles. The molecule has 210 valence electrons. The van der Waals surface area contributed by atoms with Crippen LogP contribution in [0.15, 0.2) is 48.5 Å². The zero-order chi connectivity index (χ0) is 27.9. The predicted octanol–water partition coefficient (Wildman–Crippen LogP) is 6.15. The van der Waals surface area contributed by atoms with Crippen molar-refractivity contribution in [3.05, 3.63) is 59.4 Å². The maximum atomic E-state index is 16.5. The van der Waals surface area contributed by atoms with Crippen LogP contribution in [0.5, 0.6) is 6.01 Å². The largest absolute Gasteiger partial charge is 0.463 e. The Kier molecular flexibility index (Phi) is 7.46. The maximum Gasteiger partial charge on any atom is 0.319 e. The third kappa shape index (κ3) is 5.42. The average molecular weight is 570 g/mol. The fourth-order valence-corrected chi connectivity index (χ4v) is 6.02. The molecule has 2 aliphatic heterocycles. The standard InChI is InChI=1S/C30H31ClF3N5O/c1-19-17-39(14-11-35-19)28-23-16-24(31)25(22-9-4-7-20-6-2-3-8-21(20)22)26(32)27(23)36-29(37-28)40-15-5-12-38-13-10-30(33,34)18-38/h2-4,6-9,16,19,35H,5,10-15,17-18H2,1H3. The van der Waals surface area contributed by atoms with Crippen molar-refractivity contribution in [2.24, 2.45) is 0 Å². The molecule has 0 amide bonds. The Morgan fingerprint density at radius 2 is 1.93 bits per heavy atom. The van der Waals surface area contributed by atoms with Gasteiger partial charge in [0.25, 0.3) is 5.92 Å². The second kappa shape index (κ2) is 11.0. The van der Waals surface area contributed by atoms with Gasteiger partial charge in [-0.1, -0.05) is 54.1 Å². The lowest BCUT2D eigenvalue weighted by atomic mass is 9.96. The Labute approximate surface area is 236 Å². The smallest absolute Gasteiger partial charge is 0.319 e. The van der Waals surface area contributed by atoms with Gasteiger partial charge in [-0.2, -0.15) is 9.97 Å². The number of halogens is 4. The van der Waals surface area contributed by atoms with Crippen LogP contribution in [0.25, 0.3) is 32.8 Å². The van der Waals surface area contributed by atoms with E-state index in [4.69, 9.17) is 21.3 Å². The van der Waals surface area contributed by atoms with Crippen LogP contribution in [-0.2, 0) is 0 Å². The fraction of sp³-hybridized carbons (Fsp3) is 0.400. The molecule has 2 aliphatic rings. The van der Waals surface area contributed by atoms with Gasteiger partial charge in [0.15, 0.2) is 5.82 Å². The average Bonchev–Trinajstić information content (AvgIpc) is 3.29. The van der Waals surface area contributed by atoms with Crippen molar-refractivity contribution in [2.75, 3.05) is 50.8 Å². The monoisotopic (exact) mass is 569 g/mol. The molecule has 2 saturated heterocycles. The number of fused-ring (bicyclic) bond motifs is 2. The molecule has 10 heteroatoms. The number of piperazine rings is 1. The van der Waals surface area contributed by atoms with Crippen LogP contribution in [0.1, 0.15) is 19.8 Å². The summed E-state index contributed by atoms with van der Waals surface area (Å²) in [6, 6.07) is 15.5. The van der Waals surface area contributed by atoms with Gasteiger partial charge < -0.3 is 15.0 Å². The van der Waals surface area contributed by atoms with Crippen LogP contribution >= 0.6 is 11.6 Å². The second-order valence-electron chi connectivity index (χ2n) is 10.7. The minimum absolute atomic E-state index is 0.0607. The summed E-state index contributed by atoms with van der Waals surface area (Å²) in [5.74, 6) is -2.59. The van der Waals surface area contributed by atoms with Crippen molar-refractivity contribution in [3.63, 3.8) is 0 Å². The van der Waals surface area contributed by atoms with E-state index in [0.29, 0.717) is 49.4 Å². The number of nitrogens with one attached hydrogen (secondary N) is 1. The number of anilines is 1. The van der Waals surface area contributed by atoms with E-state index in [1.54, 1.807) is 11.0 Å². The molecule has 1 N–H and O–H groups in total. The Morgan fingerprint density at radius 3 is 2.73 bits per heavy atom. The van der Waals surface area contributed by atoms with E-state index in [0.717, 1.165) is 17.3 Å². The van der Waals surface area contributed by atoms with Crippen molar-refractivity contribution in [1.82, 2.24) is 20.2 Å². The molecule has 6 rings (SSSR count). The number of benzene rings is 3. The lowest BCUT2D eigenvalue weighted by molar-refractivity contribution is 0.0118. The summed E-state index contributed by atoms with van der Waals surface area (Å²) in [7, 11) is 0. The summed E-state index contributed by atoms with van der Waals surface area (Å²) in [6.07, 6.45) is 0.414. The van der Waals surface area contributed by atoms with Crippen LogP contribution < -0.4 is 15.0 Å². The first kappa shape index (κ1) is 27.1. The molecule has 0 aliphatic carbocycles. The molecule has 6 nitrogen and oxygen atoms in total. The number of ether oxygens (including phenoxy) is 1. The number of hydrogen-bond donors (Lipinski definition) is 1. The van der Waals surface area contributed by atoms with Gasteiger partial charge in [-0.05, 0) is 35.7 Å². The normalized spacial score (nSPS) is 19.5. The number of hydrogen-bond acceptors (Lipinski definition) is 6. The Morgan fingerprint density at radius 1 is 1.10 bits per heavy atom. The zero-order valence-electron chi connectivity index (χ0n) is 22.3. The first-order valence-corrected chi connectivity index (χ1v) is 14.1. The minimum Gasteiger partial charge on any atom is -0.463 e. The zero-order valence-corrected chi connectivity index (χ0v) is 23.0. The van der Waals surface area contributed by atoms with E-state index in [2.05, 4.69) is 22.1 Å². The summed E-state index contributed by atoms with van der Waals surface area (Å²) in [5, 5.41) is 6.09. The summed E-state index contributed by atoms with van der Waals surface area (Å²) < 4.78 is 49.4. The topological polar surface area (TPSA) is 53.5 Å². The lowest BCUT2D eigenvalue weighted by Gasteiger charge is -2.33. The molecule has 0 bridgehead atoms. The van der Waals surface area contributed by atoms with Crippen molar-refractivity contribution >= 4 is 39.1 Å². The predicted molar refractivity (Wildman–Crippen MR) is 153 cm³/mol. The highest BCUT2D eigenvalue weighted by molar-refractivity contribution is 6.35. The van der Waals surface area contributed by atoms with Gasteiger partial charge in [0.2, 0.25) is 0 Å². The first-order valence-electron chi connectivity index (χ1n) is 13.7. The van der Waals surface area contributed by atoms with E-state index in [1.165, 1.54) is 0 Å². The number of aromatic nitrogens is 2. The van der Waals surface area contributed by atoms with Gasteiger partial charge in [0.05, 0.1) is 18.2 Å². The highest BCUT2D eigenvalue weighted by Crippen LogP contribution is 2.41. The molecular weight excluding hydrogens is 539 g/mol. The third-order valence-corrected chi connectivity index (χ3v) is 7.97. The van der Waals surface area contributed by atoms with Crippen LogP contribution in [0.3, 0.4) is 0 Å². The van der Waals surface area contributed by atoms with Crippen LogP contribution in [0, 0.1) is 5.82 Å². The van der Waals surface area contributed by atoms with Crippen molar-refractivity contribution in [1.29, 1.82) is 0 Å². The van der Waals surface area contributed by atoms with E-state index in [9.17, 15) is 8.78 Å². The third-order valence-electron chi connectivity index (χ3n) is 7.67. The molecule has 0 spiro atoms. The number of rotatable bonds is 7. The molecule has 4 aromatic rings. The van der Waals surface area contributed by atoms with Gasteiger partial charge in [-0.25, -0.2) is 13.2 Å². The Bertz CT molecular complexity index is 1550. The second-order valence-corrected chi connectivity index (χ2v) is 11.1. The number of likely N-dealkylation sites (tertiary alicyclic amines) is 1. The van der Waals surface area contributed by atoms with E-state index in [-0.39, 0.29) is 47.7 Å². The molecular formula is C30H31ClF3N5O. The fourth-order valence-electron chi connectivity index (χ4n) is 5.73. The Hall–Kier alpha value is -3.14. The van der Waals surface area contributed by atoms with E-state index >= 15 is 4.39 Å². The van der Waals surface area contributed by atoms with Crippen LogP contribution in [0.4, 0.5) is 19.0 Å². The Balaban J connectivity index is 1.37. The molecule has 3 heterocycles. The molecule has 0 saturated carbocycles. The lowest BCUT2D eigenvalue weighted by Crippen LogP contribution is -2.49.